The number of benzene rings is 4. The molecule has 0 atom stereocenters. The maximum absolute atomic E-state index is 5.07. The molecule has 4 heteroatoms. The van der Waals surface area contributed by atoms with Crippen LogP contribution in [0, 0.1) is 0 Å². The number of para-hydroxylation sites is 1. The molecule has 1 N–H and O–H groups in total. The summed E-state index contributed by atoms with van der Waals surface area (Å²) in [7, 11) is 0. The fourth-order valence-corrected chi connectivity index (χ4v) is 5.77. The third-order valence-electron chi connectivity index (χ3n) is 7.61. The molecule has 0 aliphatic heterocycles. The Morgan fingerprint density at radius 1 is 0.500 bits per heavy atom. The second kappa shape index (κ2) is 9.07. The number of rotatable bonds is 4. The molecule has 40 heavy (non-hydrogen) atoms. The van der Waals surface area contributed by atoms with Crippen molar-refractivity contribution in [2.75, 3.05) is 0 Å². The number of hydrogen-bond acceptors (Lipinski definition) is 2. The lowest BCUT2D eigenvalue weighted by molar-refractivity contribution is 1.18. The van der Waals surface area contributed by atoms with Crippen LogP contribution in [0.15, 0.2) is 140 Å². The molecule has 0 spiro atoms. The number of H-pyrrole nitrogens is 1. The highest BCUT2D eigenvalue weighted by molar-refractivity contribution is 6.07. The Labute approximate surface area is 231 Å². The van der Waals surface area contributed by atoms with Gasteiger partial charge in [-0.1, -0.05) is 84.9 Å². The van der Waals surface area contributed by atoms with E-state index in [4.69, 9.17) is 9.97 Å². The van der Waals surface area contributed by atoms with Crippen LogP contribution in [0.1, 0.15) is 0 Å². The van der Waals surface area contributed by atoms with Crippen molar-refractivity contribution >= 4 is 32.7 Å². The standard InChI is InChI=1S/C36H24N4/c1-2-13-27-24(9-1)10-6-15-28(27)31-17-8-19-33(39-31)32-18-7-16-30(38-32)25-11-5-12-26(23-25)40-34-20-4-3-14-29(34)36-35(40)21-22-37-36/h1-23,37H. The predicted molar refractivity (Wildman–Crippen MR) is 165 cm³/mol. The molecule has 0 aliphatic carbocycles. The first-order valence-corrected chi connectivity index (χ1v) is 13.4. The van der Waals surface area contributed by atoms with E-state index in [0.29, 0.717) is 0 Å². The fourth-order valence-electron chi connectivity index (χ4n) is 5.77. The summed E-state index contributed by atoms with van der Waals surface area (Å²) in [6.45, 7) is 0. The van der Waals surface area contributed by atoms with Gasteiger partial charge in [0.25, 0.3) is 0 Å². The van der Waals surface area contributed by atoms with E-state index < -0.39 is 0 Å². The van der Waals surface area contributed by atoms with Crippen LogP contribution in [0.25, 0.3) is 72.3 Å². The second-order valence-corrected chi connectivity index (χ2v) is 9.98. The number of nitrogens with one attached hydrogen (secondary N) is 1. The number of fused-ring (bicyclic) bond motifs is 4. The lowest BCUT2D eigenvalue weighted by Gasteiger charge is -2.11. The Kier molecular flexibility index (Phi) is 5.10. The Balaban J connectivity index is 1.21. The molecule has 0 aliphatic rings. The molecule has 0 fully saturated rings. The molecule has 188 valence electrons. The minimum absolute atomic E-state index is 0.851. The largest absolute Gasteiger partial charge is 0.359 e. The van der Waals surface area contributed by atoms with Gasteiger partial charge in [0.1, 0.15) is 0 Å². The van der Waals surface area contributed by atoms with Crippen LogP contribution in [0.3, 0.4) is 0 Å². The summed E-state index contributed by atoms with van der Waals surface area (Å²) in [5.41, 5.74) is 10.3. The van der Waals surface area contributed by atoms with Crippen LogP contribution in [0.5, 0.6) is 0 Å². The van der Waals surface area contributed by atoms with Gasteiger partial charge in [-0.2, -0.15) is 0 Å². The van der Waals surface area contributed by atoms with Gasteiger partial charge in [-0.05, 0) is 59.3 Å². The molecule has 4 nitrogen and oxygen atoms in total. The van der Waals surface area contributed by atoms with Crippen molar-refractivity contribution in [2.45, 2.75) is 0 Å². The highest BCUT2D eigenvalue weighted by atomic mass is 15.0. The maximum Gasteiger partial charge on any atom is 0.0893 e. The van der Waals surface area contributed by atoms with Gasteiger partial charge in [-0.15, -0.1) is 0 Å². The molecule has 4 aromatic heterocycles. The highest BCUT2D eigenvalue weighted by Crippen LogP contribution is 2.33. The van der Waals surface area contributed by atoms with E-state index in [1.165, 1.54) is 21.7 Å². The summed E-state index contributed by atoms with van der Waals surface area (Å²) >= 11 is 0. The predicted octanol–water partition coefficient (Wildman–Crippen LogP) is 9.06. The second-order valence-electron chi connectivity index (χ2n) is 9.98. The van der Waals surface area contributed by atoms with Gasteiger partial charge in [0.2, 0.25) is 0 Å². The zero-order chi connectivity index (χ0) is 26.5. The molecule has 0 bridgehead atoms. The molecule has 0 unspecified atom stereocenters. The van der Waals surface area contributed by atoms with Crippen LogP contribution in [-0.4, -0.2) is 19.5 Å². The van der Waals surface area contributed by atoms with Crippen molar-refractivity contribution in [3.05, 3.63) is 140 Å². The molecule has 0 amide bonds. The van der Waals surface area contributed by atoms with Crippen LogP contribution in [-0.2, 0) is 0 Å². The highest BCUT2D eigenvalue weighted by Gasteiger charge is 2.14. The molecule has 4 heterocycles. The average Bonchev–Trinajstić information content (AvgIpc) is 3.62. The van der Waals surface area contributed by atoms with E-state index in [-0.39, 0.29) is 0 Å². The Bertz CT molecular complexity index is 2180. The lowest BCUT2D eigenvalue weighted by Crippen LogP contribution is -1.95. The Morgan fingerprint density at radius 2 is 1.18 bits per heavy atom. The van der Waals surface area contributed by atoms with Gasteiger partial charge >= 0.3 is 0 Å². The SMILES string of the molecule is c1cc(-c2cccc(-c3cccc(-c4cccc5ccccc45)n3)n2)cc(-n2c3ccccc3c3[nH]ccc32)c1. The third kappa shape index (κ3) is 3.62. The molecule has 0 radical (unpaired) electrons. The van der Waals surface area contributed by atoms with Crippen molar-refractivity contribution in [3.63, 3.8) is 0 Å². The van der Waals surface area contributed by atoms with Crippen LogP contribution >= 0.6 is 0 Å². The Morgan fingerprint density at radius 3 is 2.08 bits per heavy atom. The van der Waals surface area contributed by atoms with E-state index in [1.54, 1.807) is 0 Å². The quantitative estimate of drug-likeness (QED) is 0.256. The molecule has 0 saturated heterocycles. The smallest absolute Gasteiger partial charge is 0.0893 e. The molecule has 8 aromatic rings. The van der Waals surface area contributed by atoms with Gasteiger partial charge in [0, 0.05) is 28.4 Å². The van der Waals surface area contributed by atoms with E-state index in [1.807, 2.05) is 18.3 Å². The van der Waals surface area contributed by atoms with Crippen LogP contribution in [0.4, 0.5) is 0 Å². The first-order chi connectivity index (χ1) is 19.8. The minimum atomic E-state index is 0.851. The zero-order valence-electron chi connectivity index (χ0n) is 21.6. The number of hydrogen-bond donors (Lipinski definition) is 1. The molecule has 0 saturated carbocycles. The summed E-state index contributed by atoms with van der Waals surface area (Å²) in [5.74, 6) is 0. The van der Waals surface area contributed by atoms with E-state index in [0.717, 1.165) is 50.6 Å². The monoisotopic (exact) mass is 512 g/mol. The van der Waals surface area contributed by atoms with Crippen LogP contribution < -0.4 is 0 Å². The number of pyridine rings is 2. The fraction of sp³-hybridized carbons (Fsp3) is 0. The zero-order valence-corrected chi connectivity index (χ0v) is 21.6. The van der Waals surface area contributed by atoms with Crippen LogP contribution in [0.2, 0.25) is 0 Å². The van der Waals surface area contributed by atoms with Gasteiger partial charge in [-0.25, -0.2) is 9.97 Å². The normalized spacial score (nSPS) is 11.5. The molecule has 4 aromatic carbocycles. The van der Waals surface area contributed by atoms with E-state index in [9.17, 15) is 0 Å². The first-order valence-electron chi connectivity index (χ1n) is 13.4. The lowest BCUT2D eigenvalue weighted by atomic mass is 10.0. The third-order valence-corrected chi connectivity index (χ3v) is 7.61. The molecule has 8 rings (SSSR count). The molecular weight excluding hydrogens is 488 g/mol. The van der Waals surface area contributed by atoms with Crippen molar-refractivity contribution in [1.29, 1.82) is 0 Å². The van der Waals surface area contributed by atoms with Gasteiger partial charge in [-0.3, -0.25) is 0 Å². The van der Waals surface area contributed by atoms with E-state index in [2.05, 4.69) is 131 Å². The summed E-state index contributed by atoms with van der Waals surface area (Å²) in [5, 5.41) is 3.62. The van der Waals surface area contributed by atoms with Crippen molar-refractivity contribution in [3.8, 4) is 39.6 Å². The van der Waals surface area contributed by atoms with Gasteiger partial charge in [0.05, 0.1) is 39.3 Å². The number of aromatic nitrogens is 4. The van der Waals surface area contributed by atoms with Crippen molar-refractivity contribution < 1.29 is 0 Å². The number of nitrogens with zero attached hydrogens (tertiary/aromatic N) is 3. The summed E-state index contributed by atoms with van der Waals surface area (Å²) in [6.07, 6.45) is 2.00. The van der Waals surface area contributed by atoms with Gasteiger partial charge < -0.3 is 9.55 Å². The van der Waals surface area contributed by atoms with Crippen molar-refractivity contribution in [2.24, 2.45) is 0 Å². The van der Waals surface area contributed by atoms with Crippen molar-refractivity contribution in [1.82, 2.24) is 19.5 Å². The Hall–Kier alpha value is -5.48. The van der Waals surface area contributed by atoms with Gasteiger partial charge in [0.15, 0.2) is 0 Å². The minimum Gasteiger partial charge on any atom is -0.359 e. The van der Waals surface area contributed by atoms with E-state index >= 15 is 0 Å². The average molecular weight is 513 g/mol. The summed E-state index contributed by atoms with van der Waals surface area (Å²) in [4.78, 5) is 13.5. The number of aromatic amines is 1. The molecular formula is C36H24N4. The summed E-state index contributed by atoms with van der Waals surface area (Å²) in [6, 6.07) is 46.4. The topological polar surface area (TPSA) is 46.5 Å². The summed E-state index contributed by atoms with van der Waals surface area (Å²) < 4.78 is 2.31. The first kappa shape index (κ1) is 22.5. The maximum atomic E-state index is 5.07.